The molecule has 26 heavy (non-hydrogen) atoms. The lowest BCUT2D eigenvalue weighted by Gasteiger charge is -2.38. The van der Waals surface area contributed by atoms with Crippen LogP contribution in [0.2, 0.25) is 0 Å². The molecule has 0 bridgehead atoms. The van der Waals surface area contributed by atoms with Gasteiger partial charge in [0.15, 0.2) is 0 Å². The van der Waals surface area contributed by atoms with E-state index in [0.29, 0.717) is 44.8 Å². The van der Waals surface area contributed by atoms with Crippen molar-refractivity contribution in [3.05, 3.63) is 29.8 Å². The summed E-state index contributed by atoms with van der Waals surface area (Å²) in [5.41, 5.74) is 1.36. The van der Waals surface area contributed by atoms with E-state index in [9.17, 15) is 14.4 Å². The summed E-state index contributed by atoms with van der Waals surface area (Å²) >= 11 is 0. The van der Waals surface area contributed by atoms with Gasteiger partial charge >= 0.3 is 6.03 Å². The molecular formula is C20H25N3O3. The summed E-state index contributed by atoms with van der Waals surface area (Å²) in [6.45, 7) is 3.60. The number of hydrogen-bond acceptors (Lipinski definition) is 4. The summed E-state index contributed by atoms with van der Waals surface area (Å²) < 4.78 is 0. The van der Waals surface area contributed by atoms with Crippen molar-refractivity contribution in [2.45, 2.75) is 44.6 Å². The molecule has 3 aliphatic rings. The number of amides is 3. The number of anilines is 1. The number of ketones is 1. The average Bonchev–Trinajstić information content (AvgIpc) is 3.40. The topological polar surface area (TPSA) is 69.7 Å². The summed E-state index contributed by atoms with van der Waals surface area (Å²) in [5.74, 6) is 0.609. The van der Waals surface area contributed by atoms with Gasteiger partial charge in [0.2, 0.25) is 0 Å². The molecule has 1 aromatic carbocycles. The number of carbonyl (C=O) groups excluding carboxylic acids is 3. The zero-order chi connectivity index (χ0) is 18.3. The molecule has 4 rings (SSSR count). The van der Waals surface area contributed by atoms with Crippen LogP contribution in [0.3, 0.4) is 0 Å². The molecule has 6 heteroatoms. The molecular weight excluding hydrogens is 330 g/mol. The van der Waals surface area contributed by atoms with Crippen LogP contribution >= 0.6 is 0 Å². The number of urea groups is 1. The SMILES string of the molecule is CC(=O)Cc1cccc(N2CCC3(CC2)NC(=O)N(CC2CC2)C3=O)c1. The van der Waals surface area contributed by atoms with Crippen molar-refractivity contribution in [1.82, 2.24) is 10.2 Å². The van der Waals surface area contributed by atoms with Crippen LogP contribution in [0.5, 0.6) is 0 Å². The number of nitrogens with zero attached hydrogens (tertiary/aromatic N) is 2. The fourth-order valence-electron chi connectivity index (χ4n) is 4.04. The zero-order valence-electron chi connectivity index (χ0n) is 15.2. The van der Waals surface area contributed by atoms with Gasteiger partial charge in [-0.25, -0.2) is 4.79 Å². The number of Topliss-reactive ketones (excluding diaryl/α,β-unsaturated/α-hetero) is 1. The molecule has 1 spiro atoms. The summed E-state index contributed by atoms with van der Waals surface area (Å²) in [5, 5.41) is 2.98. The third kappa shape index (κ3) is 3.20. The average molecular weight is 355 g/mol. The Bertz CT molecular complexity index is 748. The molecule has 3 fully saturated rings. The van der Waals surface area contributed by atoms with Crippen molar-refractivity contribution in [1.29, 1.82) is 0 Å². The van der Waals surface area contributed by atoms with Gasteiger partial charge in [-0.05, 0) is 56.2 Å². The van der Waals surface area contributed by atoms with Crippen LogP contribution in [0.15, 0.2) is 24.3 Å². The maximum Gasteiger partial charge on any atom is 0.325 e. The van der Waals surface area contributed by atoms with E-state index in [1.54, 1.807) is 6.92 Å². The minimum Gasteiger partial charge on any atom is -0.371 e. The standard InChI is InChI=1S/C20H25N3O3/c1-14(24)11-16-3-2-4-17(12-16)22-9-7-20(8-10-22)18(25)23(19(26)21-20)13-15-5-6-15/h2-4,12,15H,5-11,13H2,1H3,(H,21,26). The molecule has 3 amide bonds. The Labute approximate surface area is 153 Å². The Hall–Kier alpha value is -2.37. The molecule has 1 saturated carbocycles. The smallest absolute Gasteiger partial charge is 0.325 e. The van der Waals surface area contributed by atoms with E-state index in [1.165, 1.54) is 4.90 Å². The molecule has 1 aliphatic carbocycles. The van der Waals surface area contributed by atoms with Crippen molar-refractivity contribution in [2.75, 3.05) is 24.5 Å². The fourth-order valence-corrected chi connectivity index (χ4v) is 4.04. The van der Waals surface area contributed by atoms with Gasteiger partial charge in [0, 0.05) is 31.7 Å². The van der Waals surface area contributed by atoms with Crippen LogP contribution in [0.25, 0.3) is 0 Å². The van der Waals surface area contributed by atoms with E-state index in [0.717, 1.165) is 24.1 Å². The third-order valence-corrected chi connectivity index (χ3v) is 5.73. The monoisotopic (exact) mass is 355 g/mol. The van der Waals surface area contributed by atoms with E-state index < -0.39 is 5.54 Å². The van der Waals surface area contributed by atoms with Gasteiger partial charge in [0.05, 0.1) is 0 Å². The molecule has 1 N–H and O–H groups in total. The van der Waals surface area contributed by atoms with Crippen molar-refractivity contribution in [3.8, 4) is 0 Å². The van der Waals surface area contributed by atoms with Crippen LogP contribution in [0, 0.1) is 5.92 Å². The normalized spacial score (nSPS) is 22.0. The molecule has 2 aliphatic heterocycles. The number of rotatable bonds is 5. The molecule has 0 unspecified atom stereocenters. The molecule has 1 aromatic rings. The predicted molar refractivity (Wildman–Crippen MR) is 98.0 cm³/mol. The van der Waals surface area contributed by atoms with Gasteiger partial charge in [-0.15, -0.1) is 0 Å². The van der Waals surface area contributed by atoms with E-state index in [4.69, 9.17) is 0 Å². The quantitative estimate of drug-likeness (QED) is 0.822. The number of piperidine rings is 1. The van der Waals surface area contributed by atoms with Gasteiger partial charge in [0.1, 0.15) is 11.3 Å². The minimum absolute atomic E-state index is 0.0422. The molecule has 2 saturated heterocycles. The number of nitrogens with one attached hydrogen (secondary N) is 1. The second kappa shape index (κ2) is 6.41. The number of benzene rings is 1. The largest absolute Gasteiger partial charge is 0.371 e. The lowest BCUT2D eigenvalue weighted by atomic mass is 9.87. The molecule has 2 heterocycles. The summed E-state index contributed by atoms with van der Waals surface area (Å²) in [6, 6.07) is 7.80. The lowest BCUT2D eigenvalue weighted by molar-refractivity contribution is -0.132. The summed E-state index contributed by atoms with van der Waals surface area (Å²) in [4.78, 5) is 40.1. The fraction of sp³-hybridized carbons (Fsp3) is 0.550. The van der Waals surface area contributed by atoms with E-state index in [1.807, 2.05) is 24.3 Å². The van der Waals surface area contributed by atoms with Crippen LogP contribution < -0.4 is 10.2 Å². The predicted octanol–water partition coefficient (Wildman–Crippen LogP) is 2.12. The molecule has 0 aromatic heterocycles. The highest BCUT2D eigenvalue weighted by Gasteiger charge is 2.53. The molecule has 0 atom stereocenters. The second-order valence-electron chi connectivity index (χ2n) is 7.91. The van der Waals surface area contributed by atoms with E-state index in [-0.39, 0.29) is 17.7 Å². The van der Waals surface area contributed by atoms with Crippen LogP contribution in [-0.4, -0.2) is 47.8 Å². The Morgan fingerprint density at radius 3 is 2.62 bits per heavy atom. The third-order valence-electron chi connectivity index (χ3n) is 5.73. The number of hydrogen-bond donors (Lipinski definition) is 1. The van der Waals surface area contributed by atoms with Crippen LogP contribution in [0.1, 0.15) is 38.2 Å². The van der Waals surface area contributed by atoms with Gasteiger partial charge in [-0.2, -0.15) is 0 Å². The Morgan fingerprint density at radius 2 is 1.96 bits per heavy atom. The van der Waals surface area contributed by atoms with Crippen molar-refractivity contribution >= 4 is 23.4 Å². The maximum atomic E-state index is 12.9. The van der Waals surface area contributed by atoms with E-state index in [2.05, 4.69) is 10.2 Å². The van der Waals surface area contributed by atoms with Crippen molar-refractivity contribution < 1.29 is 14.4 Å². The first-order valence-corrected chi connectivity index (χ1v) is 9.44. The highest BCUT2D eigenvalue weighted by Crippen LogP contribution is 2.35. The minimum atomic E-state index is -0.723. The van der Waals surface area contributed by atoms with E-state index >= 15 is 0 Å². The Kier molecular flexibility index (Phi) is 4.21. The van der Waals surface area contributed by atoms with Gasteiger partial charge < -0.3 is 10.2 Å². The Morgan fingerprint density at radius 1 is 1.23 bits per heavy atom. The lowest BCUT2D eigenvalue weighted by Crippen LogP contribution is -2.55. The van der Waals surface area contributed by atoms with Crippen molar-refractivity contribution in [3.63, 3.8) is 0 Å². The van der Waals surface area contributed by atoms with Gasteiger partial charge in [-0.3, -0.25) is 14.5 Å². The first-order valence-electron chi connectivity index (χ1n) is 9.44. The van der Waals surface area contributed by atoms with Gasteiger partial charge in [-0.1, -0.05) is 12.1 Å². The molecule has 138 valence electrons. The number of carbonyl (C=O) groups is 3. The molecule has 0 radical (unpaired) electrons. The first kappa shape index (κ1) is 17.1. The summed E-state index contributed by atoms with van der Waals surface area (Å²) in [6.07, 6.45) is 3.92. The Balaban J connectivity index is 1.43. The zero-order valence-corrected chi connectivity index (χ0v) is 15.2. The van der Waals surface area contributed by atoms with Crippen LogP contribution in [0.4, 0.5) is 10.5 Å². The number of imide groups is 1. The highest BCUT2D eigenvalue weighted by molar-refractivity contribution is 6.07. The first-order chi connectivity index (χ1) is 12.5. The van der Waals surface area contributed by atoms with Crippen LogP contribution in [-0.2, 0) is 16.0 Å². The van der Waals surface area contributed by atoms with Gasteiger partial charge in [0.25, 0.3) is 5.91 Å². The highest BCUT2D eigenvalue weighted by atomic mass is 16.2. The molecule has 6 nitrogen and oxygen atoms in total. The maximum absolute atomic E-state index is 12.9. The van der Waals surface area contributed by atoms with Crippen molar-refractivity contribution in [2.24, 2.45) is 5.92 Å². The second-order valence-corrected chi connectivity index (χ2v) is 7.91. The summed E-state index contributed by atoms with van der Waals surface area (Å²) in [7, 11) is 0.